The monoisotopic (exact) mass is 292 g/mol. The summed E-state index contributed by atoms with van der Waals surface area (Å²) >= 11 is 0. The van der Waals surface area contributed by atoms with Gasteiger partial charge < -0.3 is 15.0 Å². The van der Waals surface area contributed by atoms with Crippen LogP contribution in [0, 0.1) is 13.8 Å². The summed E-state index contributed by atoms with van der Waals surface area (Å²) in [5.41, 5.74) is 2.76. The van der Waals surface area contributed by atoms with Crippen molar-refractivity contribution in [1.29, 1.82) is 0 Å². The number of aromatic nitrogens is 1. The van der Waals surface area contributed by atoms with Gasteiger partial charge in [-0.2, -0.15) is 0 Å². The maximum absolute atomic E-state index is 12.4. The zero-order valence-corrected chi connectivity index (χ0v) is 13.0. The Morgan fingerprint density at radius 3 is 2.62 bits per heavy atom. The lowest BCUT2D eigenvalue weighted by atomic mass is 10.1. The molecule has 1 saturated carbocycles. The molecule has 2 N–H and O–H groups in total. The van der Waals surface area contributed by atoms with Gasteiger partial charge in [0.05, 0.1) is 12.0 Å². The Morgan fingerprint density at radius 1 is 1.43 bits per heavy atom. The van der Waals surface area contributed by atoms with Crippen molar-refractivity contribution in [3.05, 3.63) is 23.0 Å². The lowest BCUT2D eigenvalue weighted by Crippen LogP contribution is -2.36. The summed E-state index contributed by atoms with van der Waals surface area (Å²) in [7, 11) is 0. The van der Waals surface area contributed by atoms with Gasteiger partial charge in [0.2, 0.25) is 0 Å². The van der Waals surface area contributed by atoms with E-state index in [1.54, 1.807) is 0 Å². The van der Waals surface area contributed by atoms with E-state index in [4.69, 9.17) is 5.11 Å². The highest BCUT2D eigenvalue weighted by Crippen LogP contribution is 2.38. The molecule has 5 nitrogen and oxygen atoms in total. The first-order chi connectivity index (χ1) is 9.93. The molecule has 0 unspecified atom stereocenters. The third-order valence-corrected chi connectivity index (χ3v) is 4.03. The Labute approximate surface area is 125 Å². The molecule has 1 heterocycles. The van der Waals surface area contributed by atoms with Crippen LogP contribution in [-0.4, -0.2) is 27.6 Å². The van der Waals surface area contributed by atoms with Crippen LogP contribution in [0.2, 0.25) is 0 Å². The maximum atomic E-state index is 12.4. The number of rotatable bonds is 7. The number of carboxylic acid groups (broad SMARTS) is 1. The Balaban J connectivity index is 2.11. The molecule has 0 aliphatic heterocycles. The van der Waals surface area contributed by atoms with Gasteiger partial charge >= 0.3 is 5.97 Å². The number of hydrogen-bond acceptors (Lipinski definition) is 2. The fourth-order valence-electron chi connectivity index (χ4n) is 2.95. The molecular weight excluding hydrogens is 268 g/mol. The number of aliphatic carboxylic acids is 1. The van der Waals surface area contributed by atoms with E-state index >= 15 is 0 Å². The molecule has 0 bridgehead atoms. The van der Waals surface area contributed by atoms with Crippen molar-refractivity contribution < 1.29 is 14.7 Å². The van der Waals surface area contributed by atoms with E-state index in [9.17, 15) is 9.59 Å². The molecule has 0 spiro atoms. The van der Waals surface area contributed by atoms with Gasteiger partial charge in [-0.25, -0.2) is 0 Å². The molecule has 1 aliphatic carbocycles. The average molecular weight is 292 g/mol. The first-order valence-corrected chi connectivity index (χ1v) is 7.65. The molecule has 1 amide bonds. The van der Waals surface area contributed by atoms with Gasteiger partial charge in [-0.15, -0.1) is 0 Å². The highest BCUT2D eigenvalue weighted by atomic mass is 16.4. The number of carboxylic acids is 1. The van der Waals surface area contributed by atoms with Crippen LogP contribution in [0.15, 0.2) is 6.07 Å². The summed E-state index contributed by atoms with van der Waals surface area (Å²) in [5.74, 6) is -1.04. The molecule has 2 rings (SSSR count). The molecule has 0 radical (unpaired) electrons. The molecule has 0 aromatic carbocycles. The molecule has 1 aliphatic rings. The fraction of sp³-hybridized carbons (Fsp3) is 0.625. The van der Waals surface area contributed by atoms with Crippen LogP contribution in [0.1, 0.15) is 66.8 Å². The molecule has 5 heteroatoms. The first-order valence-electron chi connectivity index (χ1n) is 7.65. The maximum Gasteiger partial charge on any atom is 0.305 e. The normalized spacial score (nSPS) is 15.8. The van der Waals surface area contributed by atoms with Gasteiger partial charge in [0, 0.05) is 23.5 Å². The minimum absolute atomic E-state index is 0.0268. The van der Waals surface area contributed by atoms with Crippen LogP contribution in [0.3, 0.4) is 0 Å². The molecule has 1 atom stereocenters. The molecule has 116 valence electrons. The van der Waals surface area contributed by atoms with E-state index in [0.29, 0.717) is 18.0 Å². The van der Waals surface area contributed by atoms with E-state index < -0.39 is 5.97 Å². The van der Waals surface area contributed by atoms with Gasteiger partial charge in [-0.1, -0.05) is 13.3 Å². The zero-order valence-electron chi connectivity index (χ0n) is 13.0. The SMILES string of the molecule is CCC[C@@H](CC(=O)O)NC(=O)c1cc(C)n(C2CC2)c1C. The molecule has 1 aromatic heterocycles. The predicted molar refractivity (Wildman–Crippen MR) is 80.6 cm³/mol. The Hall–Kier alpha value is -1.78. The number of aryl methyl sites for hydroxylation is 1. The minimum atomic E-state index is -0.878. The standard InChI is InChI=1S/C16H24N2O3/c1-4-5-12(9-15(19)20)17-16(21)14-8-10(2)18(11(14)3)13-6-7-13/h8,12-13H,4-7,9H2,1-3H3,(H,17,21)(H,19,20)/t12-/m0/s1. The van der Waals surface area contributed by atoms with Crippen LogP contribution in [0.4, 0.5) is 0 Å². The lowest BCUT2D eigenvalue weighted by Gasteiger charge is -2.16. The van der Waals surface area contributed by atoms with Crippen LogP contribution in [0.5, 0.6) is 0 Å². The van der Waals surface area contributed by atoms with Crippen molar-refractivity contribution in [3.8, 4) is 0 Å². The van der Waals surface area contributed by atoms with E-state index in [2.05, 4.69) is 9.88 Å². The third kappa shape index (κ3) is 3.65. The van der Waals surface area contributed by atoms with Crippen molar-refractivity contribution in [2.24, 2.45) is 0 Å². The summed E-state index contributed by atoms with van der Waals surface area (Å²) < 4.78 is 2.22. The topological polar surface area (TPSA) is 71.3 Å². The molecule has 21 heavy (non-hydrogen) atoms. The highest BCUT2D eigenvalue weighted by molar-refractivity contribution is 5.96. The Morgan fingerprint density at radius 2 is 2.10 bits per heavy atom. The first kappa shape index (κ1) is 15.6. The van der Waals surface area contributed by atoms with Crippen LogP contribution < -0.4 is 5.32 Å². The van der Waals surface area contributed by atoms with Crippen LogP contribution >= 0.6 is 0 Å². The van der Waals surface area contributed by atoms with E-state index in [0.717, 1.165) is 17.8 Å². The summed E-state index contributed by atoms with van der Waals surface area (Å²) in [6, 6.07) is 2.15. The van der Waals surface area contributed by atoms with E-state index in [1.807, 2.05) is 26.8 Å². The largest absolute Gasteiger partial charge is 0.481 e. The molecular formula is C16H24N2O3. The predicted octanol–water partition coefficient (Wildman–Crippen LogP) is 2.81. The molecule has 0 saturated heterocycles. The second kappa shape index (κ2) is 6.33. The quantitative estimate of drug-likeness (QED) is 0.811. The number of nitrogens with zero attached hydrogens (tertiary/aromatic N) is 1. The molecule has 1 fully saturated rings. The van der Waals surface area contributed by atoms with Crippen molar-refractivity contribution in [1.82, 2.24) is 9.88 Å². The van der Waals surface area contributed by atoms with Crippen LogP contribution in [0.25, 0.3) is 0 Å². The Bertz CT molecular complexity index is 544. The van der Waals surface area contributed by atoms with Crippen molar-refractivity contribution >= 4 is 11.9 Å². The van der Waals surface area contributed by atoms with Gasteiger partial charge in [-0.05, 0) is 39.2 Å². The Kier molecular flexibility index (Phi) is 4.70. The van der Waals surface area contributed by atoms with Crippen molar-refractivity contribution in [2.45, 2.75) is 65.0 Å². The number of nitrogens with one attached hydrogen (secondary N) is 1. The second-order valence-electron chi connectivity index (χ2n) is 5.94. The van der Waals surface area contributed by atoms with Crippen molar-refractivity contribution in [2.75, 3.05) is 0 Å². The molecule has 1 aromatic rings. The van der Waals surface area contributed by atoms with E-state index in [1.165, 1.54) is 12.8 Å². The lowest BCUT2D eigenvalue weighted by molar-refractivity contribution is -0.137. The van der Waals surface area contributed by atoms with Gasteiger partial charge in [-0.3, -0.25) is 9.59 Å². The number of amides is 1. The number of carbonyl (C=O) groups is 2. The summed E-state index contributed by atoms with van der Waals surface area (Å²) in [5, 5.41) is 11.8. The van der Waals surface area contributed by atoms with Crippen molar-refractivity contribution in [3.63, 3.8) is 0 Å². The van der Waals surface area contributed by atoms with Gasteiger partial charge in [0.1, 0.15) is 0 Å². The van der Waals surface area contributed by atoms with E-state index in [-0.39, 0.29) is 18.4 Å². The van der Waals surface area contributed by atoms with Gasteiger partial charge in [0.15, 0.2) is 0 Å². The third-order valence-electron chi connectivity index (χ3n) is 4.03. The summed E-state index contributed by atoms with van der Waals surface area (Å²) in [4.78, 5) is 23.3. The van der Waals surface area contributed by atoms with Crippen LogP contribution in [-0.2, 0) is 4.79 Å². The smallest absolute Gasteiger partial charge is 0.305 e. The fourth-order valence-corrected chi connectivity index (χ4v) is 2.95. The summed E-state index contributed by atoms with van der Waals surface area (Å²) in [6.07, 6.45) is 3.85. The average Bonchev–Trinajstić information content (AvgIpc) is 3.15. The number of carbonyl (C=O) groups excluding carboxylic acids is 1. The zero-order chi connectivity index (χ0) is 15.6. The highest BCUT2D eigenvalue weighted by Gasteiger charge is 2.28. The summed E-state index contributed by atoms with van der Waals surface area (Å²) in [6.45, 7) is 5.97. The number of hydrogen-bond donors (Lipinski definition) is 2. The second-order valence-corrected chi connectivity index (χ2v) is 5.94. The van der Waals surface area contributed by atoms with Gasteiger partial charge in [0.25, 0.3) is 5.91 Å². The minimum Gasteiger partial charge on any atom is -0.481 e.